The molecule has 0 atom stereocenters. The Balaban J connectivity index is 1.47. The first-order chi connectivity index (χ1) is 9.40. The monoisotopic (exact) mass is 262 g/mol. The molecule has 4 heteroatoms. The van der Waals surface area contributed by atoms with Gasteiger partial charge in [0.2, 0.25) is 5.88 Å². The zero-order valence-electron chi connectivity index (χ0n) is 11.3. The molecule has 19 heavy (non-hydrogen) atoms. The lowest BCUT2D eigenvalue weighted by molar-refractivity contribution is 0.0490. The number of nitrogens with zero attached hydrogens (tertiary/aromatic N) is 1. The number of rotatable bonds is 6. The molecule has 3 rings (SSSR count). The summed E-state index contributed by atoms with van der Waals surface area (Å²) in [7, 11) is 0. The molecule has 0 unspecified atom stereocenters. The lowest BCUT2D eigenvalue weighted by atomic mass is 10.0. The van der Waals surface area contributed by atoms with Crippen LogP contribution in [-0.2, 0) is 11.3 Å². The maximum Gasteiger partial charge on any atom is 0.213 e. The second kappa shape index (κ2) is 6.35. The van der Waals surface area contributed by atoms with Gasteiger partial charge in [0.15, 0.2) is 0 Å². The first-order valence-corrected chi connectivity index (χ1v) is 7.30. The van der Waals surface area contributed by atoms with E-state index in [1.807, 2.05) is 12.1 Å². The number of pyridine rings is 1. The number of ether oxygens (including phenoxy) is 2. The van der Waals surface area contributed by atoms with Gasteiger partial charge in [0, 0.05) is 31.9 Å². The van der Waals surface area contributed by atoms with Gasteiger partial charge in [-0.2, -0.15) is 0 Å². The highest BCUT2D eigenvalue weighted by molar-refractivity contribution is 5.16. The number of aromatic nitrogens is 1. The molecule has 1 aromatic rings. The fourth-order valence-corrected chi connectivity index (χ4v) is 2.29. The molecule has 1 saturated heterocycles. The minimum absolute atomic E-state index is 0.615. The fraction of sp³-hybridized carbons (Fsp3) is 0.667. The average Bonchev–Trinajstić information content (AvgIpc) is 3.29. The summed E-state index contributed by atoms with van der Waals surface area (Å²) in [6.45, 7) is 3.34. The van der Waals surface area contributed by atoms with Crippen LogP contribution in [0, 0.1) is 5.92 Å². The third kappa shape index (κ3) is 4.18. The summed E-state index contributed by atoms with van der Waals surface area (Å²) in [4.78, 5) is 4.54. The van der Waals surface area contributed by atoms with E-state index >= 15 is 0 Å². The maximum absolute atomic E-state index is 5.81. The van der Waals surface area contributed by atoms with E-state index < -0.39 is 0 Å². The summed E-state index contributed by atoms with van der Waals surface area (Å²) >= 11 is 0. The van der Waals surface area contributed by atoms with Crippen molar-refractivity contribution in [1.29, 1.82) is 0 Å². The third-order valence-corrected chi connectivity index (χ3v) is 3.74. The van der Waals surface area contributed by atoms with E-state index in [0.29, 0.717) is 12.0 Å². The van der Waals surface area contributed by atoms with Crippen molar-refractivity contribution < 1.29 is 9.47 Å². The van der Waals surface area contributed by atoms with Gasteiger partial charge in [-0.25, -0.2) is 4.98 Å². The zero-order chi connectivity index (χ0) is 12.9. The molecular weight excluding hydrogens is 240 g/mol. The fourth-order valence-electron chi connectivity index (χ4n) is 2.29. The van der Waals surface area contributed by atoms with Crippen LogP contribution in [0.3, 0.4) is 0 Å². The molecule has 1 aromatic heterocycles. The Morgan fingerprint density at radius 1 is 1.21 bits per heavy atom. The highest BCUT2D eigenvalue weighted by Crippen LogP contribution is 2.20. The van der Waals surface area contributed by atoms with Crippen molar-refractivity contribution >= 4 is 0 Å². The summed E-state index contributed by atoms with van der Waals surface area (Å²) in [6, 6.07) is 6.74. The Morgan fingerprint density at radius 2 is 2.05 bits per heavy atom. The molecule has 0 spiro atoms. The normalized spacial score (nSPS) is 20.4. The van der Waals surface area contributed by atoms with Gasteiger partial charge in [0.1, 0.15) is 0 Å². The van der Waals surface area contributed by atoms with Crippen molar-refractivity contribution in [1.82, 2.24) is 10.3 Å². The van der Waals surface area contributed by atoms with Crippen molar-refractivity contribution in [2.75, 3.05) is 19.8 Å². The zero-order valence-corrected chi connectivity index (χ0v) is 11.3. The highest BCUT2D eigenvalue weighted by atomic mass is 16.5. The Bertz CT molecular complexity index is 401. The molecule has 1 aliphatic heterocycles. The Morgan fingerprint density at radius 3 is 2.84 bits per heavy atom. The maximum atomic E-state index is 5.81. The van der Waals surface area contributed by atoms with Gasteiger partial charge in [-0.15, -0.1) is 0 Å². The molecule has 1 aliphatic carbocycles. The highest BCUT2D eigenvalue weighted by Gasteiger charge is 2.20. The second-order valence-electron chi connectivity index (χ2n) is 5.49. The average molecular weight is 262 g/mol. The van der Waals surface area contributed by atoms with Crippen molar-refractivity contribution in [2.45, 2.75) is 38.3 Å². The first kappa shape index (κ1) is 12.9. The van der Waals surface area contributed by atoms with Gasteiger partial charge in [-0.05, 0) is 37.7 Å². The van der Waals surface area contributed by atoms with Crippen molar-refractivity contribution in [2.24, 2.45) is 5.92 Å². The molecule has 0 aromatic carbocycles. The first-order valence-electron chi connectivity index (χ1n) is 7.30. The van der Waals surface area contributed by atoms with Gasteiger partial charge in [-0.1, -0.05) is 6.07 Å². The van der Waals surface area contributed by atoms with E-state index in [1.165, 1.54) is 12.8 Å². The molecule has 2 aliphatic rings. The standard InChI is InChI=1S/C15H22N2O2/c1-2-14(10-16-13-4-5-13)17-15(3-1)19-11-12-6-8-18-9-7-12/h1-3,12-13,16H,4-11H2. The van der Waals surface area contributed by atoms with E-state index in [1.54, 1.807) is 0 Å². The summed E-state index contributed by atoms with van der Waals surface area (Å²) in [5.41, 5.74) is 1.07. The van der Waals surface area contributed by atoms with Gasteiger partial charge in [0.25, 0.3) is 0 Å². The van der Waals surface area contributed by atoms with Crippen molar-refractivity contribution in [3.8, 4) is 5.88 Å². The molecule has 104 valence electrons. The molecule has 1 saturated carbocycles. The Kier molecular flexibility index (Phi) is 4.30. The predicted molar refractivity (Wildman–Crippen MR) is 73.1 cm³/mol. The number of nitrogens with one attached hydrogen (secondary N) is 1. The van der Waals surface area contributed by atoms with Gasteiger partial charge >= 0.3 is 0 Å². The van der Waals surface area contributed by atoms with Crippen LogP contribution in [-0.4, -0.2) is 30.8 Å². The van der Waals surface area contributed by atoms with E-state index in [9.17, 15) is 0 Å². The lowest BCUT2D eigenvalue weighted by Gasteiger charge is -2.21. The van der Waals surface area contributed by atoms with Crippen LogP contribution >= 0.6 is 0 Å². The Labute approximate surface area is 114 Å². The molecule has 2 fully saturated rings. The van der Waals surface area contributed by atoms with Crippen LogP contribution < -0.4 is 10.1 Å². The summed E-state index contributed by atoms with van der Waals surface area (Å²) in [5, 5.41) is 3.47. The molecule has 0 amide bonds. The SMILES string of the molecule is c1cc(CNC2CC2)nc(OCC2CCOCC2)c1. The minimum atomic E-state index is 0.615. The molecule has 0 radical (unpaired) electrons. The molecular formula is C15H22N2O2. The largest absolute Gasteiger partial charge is 0.477 e. The second-order valence-corrected chi connectivity index (χ2v) is 5.49. The summed E-state index contributed by atoms with van der Waals surface area (Å²) in [5.74, 6) is 1.37. The molecule has 1 N–H and O–H groups in total. The predicted octanol–water partition coefficient (Wildman–Crippen LogP) is 2.14. The van der Waals surface area contributed by atoms with Gasteiger partial charge in [-0.3, -0.25) is 0 Å². The van der Waals surface area contributed by atoms with Gasteiger partial charge < -0.3 is 14.8 Å². The Hall–Kier alpha value is -1.13. The topological polar surface area (TPSA) is 43.4 Å². The van der Waals surface area contributed by atoms with Crippen molar-refractivity contribution in [3.05, 3.63) is 23.9 Å². The summed E-state index contributed by atoms with van der Waals surface area (Å²) in [6.07, 6.45) is 4.81. The van der Waals surface area contributed by atoms with E-state index in [2.05, 4.69) is 16.4 Å². The third-order valence-electron chi connectivity index (χ3n) is 3.74. The van der Waals surface area contributed by atoms with E-state index in [4.69, 9.17) is 9.47 Å². The quantitative estimate of drug-likeness (QED) is 0.853. The van der Waals surface area contributed by atoms with Crippen LogP contribution in [0.2, 0.25) is 0 Å². The number of hydrogen-bond acceptors (Lipinski definition) is 4. The summed E-state index contributed by atoms with van der Waals surface area (Å²) < 4.78 is 11.2. The van der Waals surface area contributed by atoms with E-state index in [0.717, 1.165) is 50.8 Å². The van der Waals surface area contributed by atoms with Crippen LogP contribution in [0.25, 0.3) is 0 Å². The molecule has 4 nitrogen and oxygen atoms in total. The number of hydrogen-bond donors (Lipinski definition) is 1. The van der Waals surface area contributed by atoms with Crippen LogP contribution in [0.5, 0.6) is 5.88 Å². The van der Waals surface area contributed by atoms with Crippen LogP contribution in [0.15, 0.2) is 18.2 Å². The van der Waals surface area contributed by atoms with E-state index in [-0.39, 0.29) is 0 Å². The molecule has 2 heterocycles. The van der Waals surface area contributed by atoms with Crippen LogP contribution in [0.4, 0.5) is 0 Å². The molecule has 0 bridgehead atoms. The van der Waals surface area contributed by atoms with Gasteiger partial charge in [0.05, 0.1) is 12.3 Å². The smallest absolute Gasteiger partial charge is 0.213 e. The lowest BCUT2D eigenvalue weighted by Crippen LogP contribution is -2.22. The van der Waals surface area contributed by atoms with Crippen molar-refractivity contribution in [3.63, 3.8) is 0 Å². The van der Waals surface area contributed by atoms with Crippen LogP contribution in [0.1, 0.15) is 31.4 Å². The minimum Gasteiger partial charge on any atom is -0.477 e.